The molecule has 0 atom stereocenters. The third kappa shape index (κ3) is 6.32. The highest BCUT2D eigenvalue weighted by molar-refractivity contribution is 5.90. The van der Waals surface area contributed by atoms with Gasteiger partial charge in [-0.1, -0.05) is 43.2 Å². The topological polar surface area (TPSA) is 93.5 Å². The smallest absolute Gasteiger partial charge is 0.240 e. The van der Waals surface area contributed by atoms with Gasteiger partial charge in [-0.2, -0.15) is 0 Å². The SMILES string of the molecule is NC1(C(=O)NCc2ccc(NC(=O)CCCOc3ccccc3)cc2)CCCC1. The normalized spacial score (nSPS) is 14.9. The first-order chi connectivity index (χ1) is 14.0. The molecule has 0 aromatic heterocycles. The van der Waals surface area contributed by atoms with Crippen LogP contribution in [0.3, 0.4) is 0 Å². The molecule has 1 aliphatic carbocycles. The summed E-state index contributed by atoms with van der Waals surface area (Å²) in [6, 6.07) is 17.0. The third-order valence-corrected chi connectivity index (χ3v) is 5.20. The van der Waals surface area contributed by atoms with Crippen LogP contribution in [0.2, 0.25) is 0 Å². The Morgan fingerprint density at radius 2 is 1.69 bits per heavy atom. The number of ether oxygens (including phenoxy) is 1. The lowest BCUT2D eigenvalue weighted by atomic mass is 9.98. The summed E-state index contributed by atoms with van der Waals surface area (Å²) in [4.78, 5) is 24.3. The molecule has 0 saturated heterocycles. The molecule has 0 aliphatic heterocycles. The summed E-state index contributed by atoms with van der Waals surface area (Å²) in [7, 11) is 0. The quantitative estimate of drug-likeness (QED) is 0.568. The average molecular weight is 396 g/mol. The van der Waals surface area contributed by atoms with Crippen LogP contribution in [0.4, 0.5) is 5.69 Å². The Hall–Kier alpha value is -2.86. The molecule has 2 aromatic carbocycles. The van der Waals surface area contributed by atoms with Gasteiger partial charge in [0.2, 0.25) is 11.8 Å². The third-order valence-electron chi connectivity index (χ3n) is 5.20. The van der Waals surface area contributed by atoms with Gasteiger partial charge in [0.05, 0.1) is 12.1 Å². The zero-order chi connectivity index (χ0) is 20.5. The highest BCUT2D eigenvalue weighted by Gasteiger charge is 2.36. The predicted octanol–water partition coefficient (Wildman–Crippen LogP) is 3.37. The largest absolute Gasteiger partial charge is 0.494 e. The van der Waals surface area contributed by atoms with Crippen molar-refractivity contribution in [1.82, 2.24) is 5.32 Å². The summed E-state index contributed by atoms with van der Waals surface area (Å²) in [6.45, 7) is 0.932. The van der Waals surface area contributed by atoms with Crippen LogP contribution in [0.15, 0.2) is 54.6 Å². The van der Waals surface area contributed by atoms with Gasteiger partial charge in [-0.15, -0.1) is 0 Å². The molecule has 1 fully saturated rings. The summed E-state index contributed by atoms with van der Waals surface area (Å²) < 4.78 is 5.59. The minimum atomic E-state index is -0.710. The number of rotatable bonds is 9. The van der Waals surface area contributed by atoms with Gasteiger partial charge in [0, 0.05) is 18.7 Å². The maximum atomic E-state index is 12.3. The maximum absolute atomic E-state index is 12.3. The molecule has 0 heterocycles. The highest BCUT2D eigenvalue weighted by Crippen LogP contribution is 2.27. The summed E-state index contributed by atoms with van der Waals surface area (Å²) in [5, 5.41) is 5.81. The predicted molar refractivity (Wildman–Crippen MR) is 113 cm³/mol. The van der Waals surface area contributed by atoms with Crippen molar-refractivity contribution in [3.05, 3.63) is 60.2 Å². The van der Waals surface area contributed by atoms with Crippen molar-refractivity contribution >= 4 is 17.5 Å². The number of benzene rings is 2. The monoisotopic (exact) mass is 395 g/mol. The highest BCUT2D eigenvalue weighted by atomic mass is 16.5. The van der Waals surface area contributed by atoms with Gasteiger partial charge >= 0.3 is 0 Å². The van der Waals surface area contributed by atoms with Gasteiger partial charge in [0.15, 0.2) is 0 Å². The average Bonchev–Trinajstić information content (AvgIpc) is 3.19. The second-order valence-electron chi connectivity index (χ2n) is 7.56. The number of hydrogen-bond donors (Lipinski definition) is 3. The molecular weight excluding hydrogens is 366 g/mol. The molecule has 6 heteroatoms. The zero-order valence-corrected chi connectivity index (χ0v) is 16.7. The fourth-order valence-corrected chi connectivity index (χ4v) is 3.46. The van der Waals surface area contributed by atoms with Gasteiger partial charge in [0.25, 0.3) is 0 Å². The van der Waals surface area contributed by atoms with E-state index in [4.69, 9.17) is 10.5 Å². The molecule has 0 unspecified atom stereocenters. The summed E-state index contributed by atoms with van der Waals surface area (Å²) in [5.74, 6) is 0.684. The van der Waals surface area contributed by atoms with Crippen molar-refractivity contribution in [3.8, 4) is 5.75 Å². The number of nitrogens with one attached hydrogen (secondary N) is 2. The van der Waals surface area contributed by atoms with E-state index in [1.807, 2.05) is 54.6 Å². The molecule has 1 saturated carbocycles. The fraction of sp³-hybridized carbons (Fsp3) is 0.391. The van der Waals surface area contributed by atoms with Gasteiger partial charge in [-0.25, -0.2) is 0 Å². The number of amides is 2. The van der Waals surface area contributed by atoms with Crippen LogP contribution in [0.5, 0.6) is 5.75 Å². The van der Waals surface area contributed by atoms with E-state index in [0.29, 0.717) is 26.0 Å². The number of carbonyl (C=O) groups excluding carboxylic acids is 2. The van der Waals surface area contributed by atoms with Crippen LogP contribution < -0.4 is 21.1 Å². The molecule has 154 valence electrons. The Morgan fingerprint density at radius 3 is 2.38 bits per heavy atom. The Labute approximate surface area is 171 Å². The van der Waals surface area contributed by atoms with Crippen molar-refractivity contribution in [3.63, 3.8) is 0 Å². The van der Waals surface area contributed by atoms with Crippen LogP contribution in [0.1, 0.15) is 44.1 Å². The van der Waals surface area contributed by atoms with E-state index in [1.165, 1.54) is 0 Å². The Kier molecular flexibility index (Phi) is 7.25. The molecule has 29 heavy (non-hydrogen) atoms. The van der Waals surface area contributed by atoms with Crippen molar-refractivity contribution < 1.29 is 14.3 Å². The fourth-order valence-electron chi connectivity index (χ4n) is 3.46. The van der Waals surface area contributed by atoms with Crippen LogP contribution in [0, 0.1) is 0 Å². The lowest BCUT2D eigenvalue weighted by Gasteiger charge is -2.22. The second-order valence-corrected chi connectivity index (χ2v) is 7.56. The van der Waals surface area contributed by atoms with Crippen LogP contribution in [-0.2, 0) is 16.1 Å². The number of anilines is 1. The van der Waals surface area contributed by atoms with E-state index in [1.54, 1.807) is 0 Å². The molecule has 3 rings (SSSR count). The van der Waals surface area contributed by atoms with E-state index in [2.05, 4.69) is 10.6 Å². The minimum Gasteiger partial charge on any atom is -0.494 e. The number of hydrogen-bond acceptors (Lipinski definition) is 4. The van der Waals surface area contributed by atoms with Crippen molar-refractivity contribution in [2.75, 3.05) is 11.9 Å². The molecule has 1 aliphatic rings. The van der Waals surface area contributed by atoms with Crippen molar-refractivity contribution in [1.29, 1.82) is 0 Å². The Morgan fingerprint density at radius 1 is 1.00 bits per heavy atom. The standard InChI is InChI=1S/C23H29N3O3/c24-23(14-4-5-15-23)22(28)25-17-18-10-12-19(13-11-18)26-21(27)9-6-16-29-20-7-2-1-3-8-20/h1-3,7-8,10-13H,4-6,9,14-17,24H2,(H,25,28)(H,26,27). The van der Waals surface area contributed by atoms with E-state index in [-0.39, 0.29) is 11.8 Å². The molecule has 2 amide bonds. The lowest BCUT2D eigenvalue weighted by molar-refractivity contribution is -0.126. The van der Waals surface area contributed by atoms with E-state index in [9.17, 15) is 9.59 Å². The van der Waals surface area contributed by atoms with E-state index < -0.39 is 5.54 Å². The molecule has 0 spiro atoms. The van der Waals surface area contributed by atoms with Crippen molar-refractivity contribution in [2.24, 2.45) is 5.73 Å². The summed E-state index contributed by atoms with van der Waals surface area (Å²) in [5.41, 5.74) is 7.15. The maximum Gasteiger partial charge on any atom is 0.240 e. The molecule has 6 nitrogen and oxygen atoms in total. The first-order valence-corrected chi connectivity index (χ1v) is 10.2. The molecule has 0 bridgehead atoms. The van der Waals surface area contributed by atoms with Crippen LogP contribution in [0.25, 0.3) is 0 Å². The van der Waals surface area contributed by atoms with Gasteiger partial charge < -0.3 is 21.1 Å². The number of nitrogens with two attached hydrogens (primary N) is 1. The van der Waals surface area contributed by atoms with Crippen LogP contribution >= 0.6 is 0 Å². The second kappa shape index (κ2) is 10.1. The molecule has 4 N–H and O–H groups in total. The Balaban J connectivity index is 1.36. The molecule has 2 aromatic rings. The lowest BCUT2D eigenvalue weighted by Crippen LogP contribution is -2.51. The number of para-hydroxylation sites is 1. The van der Waals surface area contributed by atoms with Gasteiger partial charge in [-0.05, 0) is 49.1 Å². The minimum absolute atomic E-state index is 0.0472. The first-order valence-electron chi connectivity index (χ1n) is 10.2. The molecular formula is C23H29N3O3. The van der Waals surface area contributed by atoms with Gasteiger partial charge in [0.1, 0.15) is 5.75 Å². The molecule has 0 radical (unpaired) electrons. The summed E-state index contributed by atoms with van der Waals surface area (Å²) in [6.07, 6.45) is 4.56. The Bertz CT molecular complexity index is 800. The van der Waals surface area contributed by atoms with E-state index >= 15 is 0 Å². The van der Waals surface area contributed by atoms with E-state index in [0.717, 1.165) is 42.7 Å². The van der Waals surface area contributed by atoms with Crippen molar-refractivity contribution in [2.45, 2.75) is 50.6 Å². The summed E-state index contributed by atoms with van der Waals surface area (Å²) >= 11 is 0. The first kappa shape index (κ1) is 20.9. The van der Waals surface area contributed by atoms with Crippen LogP contribution in [-0.4, -0.2) is 24.0 Å². The zero-order valence-electron chi connectivity index (χ0n) is 16.7. The number of carbonyl (C=O) groups is 2. The van der Waals surface area contributed by atoms with Gasteiger partial charge in [-0.3, -0.25) is 9.59 Å².